The van der Waals surface area contributed by atoms with Crippen LogP contribution in [0.25, 0.3) is 0 Å². The van der Waals surface area contributed by atoms with Crippen molar-refractivity contribution in [3.8, 4) is 0 Å². The van der Waals surface area contributed by atoms with Crippen molar-refractivity contribution >= 4 is 5.97 Å². The molecule has 0 aromatic carbocycles. The Morgan fingerprint density at radius 3 is 3.19 bits per heavy atom. The molecule has 0 saturated carbocycles. The highest BCUT2D eigenvalue weighted by Gasteiger charge is 2.29. The maximum atomic E-state index is 11.5. The van der Waals surface area contributed by atoms with Gasteiger partial charge in [0.1, 0.15) is 18.2 Å². The van der Waals surface area contributed by atoms with Gasteiger partial charge in [-0.15, -0.1) is 10.2 Å². The summed E-state index contributed by atoms with van der Waals surface area (Å²) in [6.07, 6.45) is 1.70. The summed E-state index contributed by atoms with van der Waals surface area (Å²) in [6.45, 7) is 2.36. The highest BCUT2D eigenvalue weighted by molar-refractivity contribution is 5.75. The van der Waals surface area contributed by atoms with Gasteiger partial charge in [0.2, 0.25) is 0 Å². The Kier molecular flexibility index (Phi) is 3.16. The summed E-state index contributed by atoms with van der Waals surface area (Å²) in [5, 5.41) is 7.81. The highest BCUT2D eigenvalue weighted by Crippen LogP contribution is 2.12. The first kappa shape index (κ1) is 11.0. The molecule has 7 heteroatoms. The van der Waals surface area contributed by atoms with Crippen LogP contribution >= 0.6 is 0 Å². The number of methoxy groups -OCH3 is 1. The molecule has 0 amide bonds. The van der Waals surface area contributed by atoms with Gasteiger partial charge in [-0.1, -0.05) is 0 Å². The van der Waals surface area contributed by atoms with E-state index in [4.69, 9.17) is 10.5 Å². The Morgan fingerprint density at radius 1 is 1.69 bits per heavy atom. The molecule has 0 saturated heterocycles. The molecule has 0 aliphatic carbocycles. The predicted octanol–water partition coefficient (Wildman–Crippen LogP) is -1.41. The van der Waals surface area contributed by atoms with E-state index >= 15 is 0 Å². The number of aromatic nitrogens is 3. The zero-order valence-corrected chi connectivity index (χ0v) is 9.17. The Balaban J connectivity index is 2.09. The van der Waals surface area contributed by atoms with Gasteiger partial charge in [-0.25, -0.2) is 0 Å². The number of nitrogens with zero attached hydrogens (tertiary/aromatic N) is 4. The molecule has 0 bridgehead atoms. The van der Waals surface area contributed by atoms with Crippen LogP contribution in [-0.2, 0) is 22.6 Å². The first-order chi connectivity index (χ1) is 7.76. The monoisotopic (exact) mass is 225 g/mol. The zero-order valence-electron chi connectivity index (χ0n) is 9.17. The molecule has 2 N–H and O–H groups in total. The van der Waals surface area contributed by atoms with Gasteiger partial charge in [-0.05, 0) is 0 Å². The number of carbonyl (C=O) groups is 1. The lowest BCUT2D eigenvalue weighted by atomic mass is 10.2. The van der Waals surface area contributed by atoms with Crippen LogP contribution in [0.3, 0.4) is 0 Å². The van der Waals surface area contributed by atoms with Crippen molar-refractivity contribution in [2.75, 3.05) is 20.2 Å². The Hall–Kier alpha value is -1.47. The van der Waals surface area contributed by atoms with E-state index in [2.05, 4.69) is 10.2 Å². The molecule has 7 nitrogen and oxygen atoms in total. The second-order valence-electron chi connectivity index (χ2n) is 3.69. The molecule has 88 valence electrons. The summed E-state index contributed by atoms with van der Waals surface area (Å²) in [6, 6.07) is -0.393. The normalized spacial score (nSPS) is 17.9. The van der Waals surface area contributed by atoms with Crippen LogP contribution in [0.5, 0.6) is 0 Å². The van der Waals surface area contributed by atoms with Crippen molar-refractivity contribution in [1.82, 2.24) is 19.7 Å². The van der Waals surface area contributed by atoms with E-state index in [0.717, 1.165) is 18.9 Å². The van der Waals surface area contributed by atoms with E-state index < -0.39 is 6.04 Å². The second-order valence-corrected chi connectivity index (χ2v) is 3.69. The van der Waals surface area contributed by atoms with Gasteiger partial charge >= 0.3 is 5.97 Å². The van der Waals surface area contributed by atoms with Crippen LogP contribution in [0.2, 0.25) is 0 Å². The molecule has 0 fully saturated rings. The minimum Gasteiger partial charge on any atom is -0.468 e. The Morgan fingerprint density at radius 2 is 2.50 bits per heavy atom. The minimum absolute atomic E-state index is 0.251. The van der Waals surface area contributed by atoms with Crippen molar-refractivity contribution < 1.29 is 9.53 Å². The number of esters is 1. The van der Waals surface area contributed by atoms with E-state index in [1.54, 1.807) is 6.33 Å². The van der Waals surface area contributed by atoms with Crippen molar-refractivity contribution in [2.24, 2.45) is 5.73 Å². The molecule has 1 aliphatic rings. The number of nitrogens with two attached hydrogens (primary N) is 1. The van der Waals surface area contributed by atoms with Crippen molar-refractivity contribution in [3.05, 3.63) is 12.2 Å². The van der Waals surface area contributed by atoms with Gasteiger partial charge < -0.3 is 15.0 Å². The maximum absolute atomic E-state index is 11.5. The molecular formula is C9H15N5O2. The van der Waals surface area contributed by atoms with E-state index in [9.17, 15) is 4.79 Å². The van der Waals surface area contributed by atoms with Gasteiger partial charge in [-0.2, -0.15) is 0 Å². The van der Waals surface area contributed by atoms with Gasteiger partial charge in [0.15, 0.2) is 0 Å². The van der Waals surface area contributed by atoms with Gasteiger partial charge in [0, 0.05) is 19.6 Å². The fraction of sp³-hybridized carbons (Fsp3) is 0.667. The van der Waals surface area contributed by atoms with Crippen LogP contribution in [-0.4, -0.2) is 51.9 Å². The second kappa shape index (κ2) is 4.58. The van der Waals surface area contributed by atoms with Gasteiger partial charge in [-0.3, -0.25) is 9.69 Å². The van der Waals surface area contributed by atoms with Crippen molar-refractivity contribution in [3.63, 3.8) is 0 Å². The number of hydrogen-bond acceptors (Lipinski definition) is 6. The van der Waals surface area contributed by atoms with Crippen LogP contribution in [0.15, 0.2) is 6.33 Å². The topological polar surface area (TPSA) is 86.3 Å². The Bertz CT molecular complexity index is 378. The number of rotatable bonds is 3. The fourth-order valence-corrected chi connectivity index (χ4v) is 1.88. The molecule has 16 heavy (non-hydrogen) atoms. The average molecular weight is 225 g/mol. The smallest absolute Gasteiger partial charge is 0.324 e. The van der Waals surface area contributed by atoms with E-state index in [1.807, 2.05) is 9.47 Å². The molecule has 0 spiro atoms. The summed E-state index contributed by atoms with van der Waals surface area (Å²) in [7, 11) is 1.37. The molecule has 2 rings (SSSR count). The quantitative estimate of drug-likeness (QED) is 0.636. The molecule has 1 aromatic rings. The fourth-order valence-electron chi connectivity index (χ4n) is 1.88. The molecule has 0 radical (unpaired) electrons. The summed E-state index contributed by atoms with van der Waals surface area (Å²) in [4.78, 5) is 13.5. The molecular weight excluding hydrogens is 210 g/mol. The van der Waals surface area contributed by atoms with Crippen LogP contribution in [0, 0.1) is 0 Å². The van der Waals surface area contributed by atoms with Crippen LogP contribution in [0.4, 0.5) is 0 Å². The first-order valence-electron chi connectivity index (χ1n) is 5.15. The average Bonchev–Trinajstić information content (AvgIpc) is 2.77. The lowest BCUT2D eigenvalue weighted by Crippen LogP contribution is -2.49. The van der Waals surface area contributed by atoms with Gasteiger partial charge in [0.05, 0.1) is 13.7 Å². The molecule has 1 unspecified atom stereocenters. The summed E-state index contributed by atoms with van der Waals surface area (Å²) < 4.78 is 6.70. The van der Waals surface area contributed by atoms with Crippen molar-refractivity contribution in [2.45, 2.75) is 19.1 Å². The van der Waals surface area contributed by atoms with E-state index in [-0.39, 0.29) is 12.5 Å². The molecule has 1 aliphatic heterocycles. The van der Waals surface area contributed by atoms with Crippen LogP contribution in [0.1, 0.15) is 5.82 Å². The summed E-state index contributed by atoms with van der Waals surface area (Å²) >= 11 is 0. The third kappa shape index (κ3) is 1.91. The highest BCUT2D eigenvalue weighted by atomic mass is 16.5. The standard InChI is InChI=1S/C9H15N5O2/c1-16-9(15)7(4-10)13-2-3-14-6-11-12-8(14)5-13/h6-7H,2-5,10H2,1H3. The number of carbonyl (C=O) groups excluding carboxylic acids is 1. The number of ether oxygens (including phenoxy) is 1. The lowest BCUT2D eigenvalue weighted by Gasteiger charge is -2.31. The predicted molar refractivity (Wildman–Crippen MR) is 55.3 cm³/mol. The SMILES string of the molecule is COC(=O)C(CN)N1CCn2cnnc2C1. The van der Waals surface area contributed by atoms with Crippen molar-refractivity contribution in [1.29, 1.82) is 0 Å². The molecule has 2 heterocycles. The minimum atomic E-state index is -0.393. The Labute approximate surface area is 93.2 Å². The number of fused-ring (bicyclic) bond motifs is 1. The first-order valence-corrected chi connectivity index (χ1v) is 5.15. The maximum Gasteiger partial charge on any atom is 0.324 e. The largest absolute Gasteiger partial charge is 0.468 e. The van der Waals surface area contributed by atoms with E-state index in [1.165, 1.54) is 7.11 Å². The van der Waals surface area contributed by atoms with Crippen LogP contribution < -0.4 is 5.73 Å². The third-order valence-corrected chi connectivity index (χ3v) is 2.81. The number of hydrogen-bond donors (Lipinski definition) is 1. The molecule has 1 aromatic heterocycles. The lowest BCUT2D eigenvalue weighted by molar-refractivity contribution is -0.147. The van der Waals surface area contributed by atoms with E-state index in [0.29, 0.717) is 6.54 Å². The summed E-state index contributed by atoms with van der Waals surface area (Å²) in [5.74, 6) is 0.559. The summed E-state index contributed by atoms with van der Waals surface area (Å²) in [5.41, 5.74) is 5.59. The molecule has 1 atom stereocenters. The zero-order chi connectivity index (χ0) is 11.5. The van der Waals surface area contributed by atoms with Gasteiger partial charge in [0.25, 0.3) is 0 Å². The third-order valence-electron chi connectivity index (χ3n) is 2.81.